The lowest BCUT2D eigenvalue weighted by molar-refractivity contribution is -0.862. The molecule has 0 heterocycles. The van der Waals surface area contributed by atoms with Crippen molar-refractivity contribution < 1.29 is 23.3 Å². The average Bonchev–Trinajstić information content (AvgIpc) is 2.52. The van der Waals surface area contributed by atoms with Crippen LogP contribution in [-0.2, 0) is 9.59 Å². The van der Waals surface area contributed by atoms with Gasteiger partial charge >= 0.3 is 0 Å². The smallest absolute Gasteiger partial charge is 0.279 e. The molecule has 25 heavy (non-hydrogen) atoms. The van der Waals surface area contributed by atoms with Gasteiger partial charge in [0.05, 0.1) is 7.05 Å². The third-order valence-electron chi connectivity index (χ3n) is 3.26. The number of carbonyl (C=O) groups is 2. The summed E-state index contributed by atoms with van der Waals surface area (Å²) < 4.78 is 26.0. The highest BCUT2D eigenvalue weighted by atomic mass is 35.5. The molecular formula is C17H17ClF2N3O2+. The van der Waals surface area contributed by atoms with Crippen molar-refractivity contribution in [1.82, 2.24) is 0 Å². The van der Waals surface area contributed by atoms with Crippen LogP contribution in [-0.4, -0.2) is 32.0 Å². The van der Waals surface area contributed by atoms with E-state index in [1.807, 2.05) is 0 Å². The Balaban J connectivity index is 1.81. The molecule has 0 aliphatic rings. The van der Waals surface area contributed by atoms with Gasteiger partial charge < -0.3 is 15.5 Å². The molecule has 1 unspecified atom stereocenters. The quantitative estimate of drug-likeness (QED) is 0.727. The molecule has 0 radical (unpaired) electrons. The fourth-order valence-electron chi connectivity index (χ4n) is 2.13. The van der Waals surface area contributed by atoms with E-state index < -0.39 is 17.5 Å². The van der Waals surface area contributed by atoms with Crippen LogP contribution in [0.15, 0.2) is 42.5 Å². The van der Waals surface area contributed by atoms with Crippen molar-refractivity contribution in [1.29, 1.82) is 0 Å². The molecular weight excluding hydrogens is 352 g/mol. The summed E-state index contributed by atoms with van der Waals surface area (Å²) in [4.78, 5) is 24.5. The number of rotatable bonds is 6. The summed E-state index contributed by atoms with van der Waals surface area (Å²) in [6.45, 7) is 0.0564. The van der Waals surface area contributed by atoms with Gasteiger partial charge in [0.15, 0.2) is 24.7 Å². The van der Waals surface area contributed by atoms with Crippen molar-refractivity contribution >= 4 is 34.8 Å². The molecule has 0 aliphatic heterocycles. The number of benzene rings is 2. The predicted octanol–water partition coefficient (Wildman–Crippen LogP) is 1.71. The number of halogens is 3. The topological polar surface area (TPSA) is 62.6 Å². The van der Waals surface area contributed by atoms with E-state index in [4.69, 9.17) is 11.6 Å². The second-order valence-corrected chi connectivity index (χ2v) is 5.98. The van der Waals surface area contributed by atoms with Crippen LogP contribution in [0.3, 0.4) is 0 Å². The molecule has 1 atom stereocenters. The Hall–Kier alpha value is -2.51. The fourth-order valence-corrected chi connectivity index (χ4v) is 2.25. The number of hydrogen-bond donors (Lipinski definition) is 3. The standard InChI is InChI=1S/C17H16ClF2N3O2/c1-23(9-16(24)21-12-4-2-11(18)3-5-12)10-17(25)22-13-6-7-14(19)15(20)8-13/h2-8H,9-10H2,1H3,(H,21,24)(H,22,25)/p+1. The first kappa shape index (κ1) is 18.8. The summed E-state index contributed by atoms with van der Waals surface area (Å²) >= 11 is 5.77. The van der Waals surface area contributed by atoms with Crippen molar-refractivity contribution in [2.75, 3.05) is 30.8 Å². The van der Waals surface area contributed by atoms with E-state index in [-0.39, 0.29) is 24.7 Å². The largest absolute Gasteiger partial charge is 0.322 e. The SMILES string of the molecule is C[NH+](CC(=O)Nc1ccc(Cl)cc1)CC(=O)Nc1ccc(F)c(F)c1. The van der Waals surface area contributed by atoms with Crippen LogP contribution in [0.25, 0.3) is 0 Å². The number of quaternary nitrogens is 1. The van der Waals surface area contributed by atoms with Crippen LogP contribution < -0.4 is 15.5 Å². The Labute approximate surface area is 148 Å². The predicted molar refractivity (Wildman–Crippen MR) is 91.7 cm³/mol. The zero-order chi connectivity index (χ0) is 18.4. The highest BCUT2D eigenvalue weighted by molar-refractivity contribution is 6.30. The summed E-state index contributed by atoms with van der Waals surface area (Å²) in [5.41, 5.74) is 0.760. The van der Waals surface area contributed by atoms with E-state index in [1.165, 1.54) is 6.07 Å². The number of carbonyl (C=O) groups excluding carboxylic acids is 2. The van der Waals surface area contributed by atoms with Gasteiger partial charge in [0.1, 0.15) is 0 Å². The van der Waals surface area contributed by atoms with E-state index in [1.54, 1.807) is 31.3 Å². The second-order valence-electron chi connectivity index (χ2n) is 5.54. The van der Waals surface area contributed by atoms with Gasteiger partial charge in [0, 0.05) is 22.5 Å². The molecule has 132 valence electrons. The highest BCUT2D eigenvalue weighted by Gasteiger charge is 2.15. The van der Waals surface area contributed by atoms with Crippen LogP contribution in [0.5, 0.6) is 0 Å². The first-order valence-corrected chi connectivity index (χ1v) is 7.83. The van der Waals surface area contributed by atoms with E-state index in [0.29, 0.717) is 15.6 Å². The third-order valence-corrected chi connectivity index (χ3v) is 3.51. The molecule has 0 fully saturated rings. The zero-order valence-electron chi connectivity index (χ0n) is 13.4. The van der Waals surface area contributed by atoms with Gasteiger partial charge in [-0.1, -0.05) is 11.6 Å². The molecule has 0 saturated carbocycles. The van der Waals surface area contributed by atoms with Crippen LogP contribution in [0.4, 0.5) is 20.2 Å². The summed E-state index contributed by atoms with van der Waals surface area (Å²) in [5.74, 6) is -2.70. The Morgan fingerprint density at radius 1 is 0.920 bits per heavy atom. The second kappa shape index (κ2) is 8.55. The summed E-state index contributed by atoms with van der Waals surface area (Å²) in [5, 5.41) is 5.72. The number of anilines is 2. The monoisotopic (exact) mass is 368 g/mol. The molecule has 0 aromatic heterocycles. The molecule has 2 amide bonds. The molecule has 0 bridgehead atoms. The van der Waals surface area contributed by atoms with Crippen molar-refractivity contribution in [2.45, 2.75) is 0 Å². The molecule has 0 spiro atoms. The molecule has 0 aliphatic carbocycles. The Kier molecular flexibility index (Phi) is 6.44. The fraction of sp³-hybridized carbons (Fsp3) is 0.176. The Morgan fingerprint density at radius 3 is 2.00 bits per heavy atom. The van der Waals surface area contributed by atoms with Crippen molar-refractivity contribution in [3.05, 3.63) is 59.1 Å². The van der Waals surface area contributed by atoms with Gasteiger partial charge in [-0.2, -0.15) is 0 Å². The summed E-state index contributed by atoms with van der Waals surface area (Å²) in [6, 6.07) is 9.75. The number of hydrogen-bond acceptors (Lipinski definition) is 2. The third kappa shape index (κ3) is 6.13. The van der Waals surface area contributed by atoms with E-state index in [9.17, 15) is 18.4 Å². The lowest BCUT2D eigenvalue weighted by Crippen LogP contribution is -3.11. The van der Waals surface area contributed by atoms with Crippen LogP contribution in [0.1, 0.15) is 0 Å². The van der Waals surface area contributed by atoms with Gasteiger partial charge in [0.25, 0.3) is 11.8 Å². The van der Waals surface area contributed by atoms with Crippen LogP contribution in [0.2, 0.25) is 5.02 Å². The van der Waals surface area contributed by atoms with Crippen LogP contribution >= 0.6 is 11.6 Å². The van der Waals surface area contributed by atoms with Gasteiger partial charge in [-0.3, -0.25) is 9.59 Å². The Morgan fingerprint density at radius 2 is 1.44 bits per heavy atom. The van der Waals surface area contributed by atoms with Gasteiger partial charge in [-0.25, -0.2) is 8.78 Å². The maximum Gasteiger partial charge on any atom is 0.279 e. The lowest BCUT2D eigenvalue weighted by Gasteiger charge is -2.14. The number of likely N-dealkylation sites (N-methyl/N-ethyl adjacent to an activating group) is 1. The normalized spacial score (nSPS) is 11.7. The minimum absolute atomic E-state index is 0.00691. The summed E-state index contributed by atoms with van der Waals surface area (Å²) in [6.07, 6.45) is 0. The van der Waals surface area contributed by atoms with Gasteiger partial charge in [0.2, 0.25) is 0 Å². The average molecular weight is 369 g/mol. The Bertz CT molecular complexity index is 769. The molecule has 2 aromatic rings. The maximum atomic E-state index is 13.1. The molecule has 3 N–H and O–H groups in total. The van der Waals surface area contributed by atoms with E-state index >= 15 is 0 Å². The maximum absolute atomic E-state index is 13.1. The number of nitrogens with one attached hydrogen (secondary N) is 3. The van der Waals surface area contributed by atoms with Gasteiger partial charge in [-0.15, -0.1) is 0 Å². The zero-order valence-corrected chi connectivity index (χ0v) is 14.2. The first-order chi connectivity index (χ1) is 11.8. The van der Waals surface area contributed by atoms with Crippen molar-refractivity contribution in [2.24, 2.45) is 0 Å². The molecule has 2 aromatic carbocycles. The molecule has 0 saturated heterocycles. The highest BCUT2D eigenvalue weighted by Crippen LogP contribution is 2.13. The first-order valence-electron chi connectivity index (χ1n) is 7.45. The van der Waals surface area contributed by atoms with Crippen molar-refractivity contribution in [3.63, 3.8) is 0 Å². The van der Waals surface area contributed by atoms with E-state index in [0.717, 1.165) is 12.1 Å². The van der Waals surface area contributed by atoms with E-state index in [2.05, 4.69) is 10.6 Å². The molecule has 8 heteroatoms. The van der Waals surface area contributed by atoms with Crippen molar-refractivity contribution in [3.8, 4) is 0 Å². The minimum atomic E-state index is -1.04. The minimum Gasteiger partial charge on any atom is -0.322 e. The molecule has 2 rings (SSSR count). The number of amides is 2. The van der Waals surface area contributed by atoms with Gasteiger partial charge in [-0.05, 0) is 36.4 Å². The lowest BCUT2D eigenvalue weighted by atomic mass is 10.3. The van der Waals surface area contributed by atoms with Crippen LogP contribution in [0, 0.1) is 11.6 Å². The molecule has 5 nitrogen and oxygen atoms in total. The summed E-state index contributed by atoms with van der Waals surface area (Å²) in [7, 11) is 1.67.